The standard InChI is InChI=1S/C21H24ClN3O2/c22-17-10-8-16(9-11-17)20(26)24-18(12-14-4-2-1-3-5-14)21(27)25-19(13-23)15-6-7-15/h1-5,8-11,15,18-19H,6-7,12-13,23H2,(H,24,26)(H,25,27). The van der Waals surface area contributed by atoms with Gasteiger partial charge >= 0.3 is 0 Å². The molecule has 2 amide bonds. The SMILES string of the molecule is NCC(NC(=O)C(Cc1ccccc1)NC(=O)c1ccc(Cl)cc1)C1CC1. The Hall–Kier alpha value is -2.37. The molecule has 27 heavy (non-hydrogen) atoms. The van der Waals surface area contributed by atoms with E-state index in [1.54, 1.807) is 24.3 Å². The van der Waals surface area contributed by atoms with Crippen LogP contribution in [0.3, 0.4) is 0 Å². The molecular formula is C21H24ClN3O2. The molecule has 5 nitrogen and oxygen atoms in total. The zero-order chi connectivity index (χ0) is 19.2. The maximum Gasteiger partial charge on any atom is 0.251 e. The number of hydrogen-bond donors (Lipinski definition) is 3. The molecule has 0 saturated heterocycles. The maximum atomic E-state index is 12.9. The molecule has 142 valence electrons. The van der Waals surface area contributed by atoms with Crippen molar-refractivity contribution < 1.29 is 9.59 Å². The fraction of sp³-hybridized carbons (Fsp3) is 0.333. The van der Waals surface area contributed by atoms with Crippen molar-refractivity contribution >= 4 is 23.4 Å². The summed E-state index contributed by atoms with van der Waals surface area (Å²) >= 11 is 5.88. The van der Waals surface area contributed by atoms with Gasteiger partial charge in [0.15, 0.2) is 0 Å². The lowest BCUT2D eigenvalue weighted by atomic mass is 10.0. The third kappa shape index (κ3) is 5.55. The largest absolute Gasteiger partial charge is 0.350 e. The summed E-state index contributed by atoms with van der Waals surface area (Å²) in [5, 5.41) is 6.43. The van der Waals surface area contributed by atoms with Crippen LogP contribution in [0.1, 0.15) is 28.8 Å². The van der Waals surface area contributed by atoms with Gasteiger partial charge in [0, 0.05) is 29.6 Å². The Morgan fingerprint density at radius 1 is 1.04 bits per heavy atom. The lowest BCUT2D eigenvalue weighted by molar-refractivity contribution is -0.123. The molecule has 0 bridgehead atoms. The van der Waals surface area contributed by atoms with E-state index in [9.17, 15) is 9.59 Å². The van der Waals surface area contributed by atoms with Crippen LogP contribution in [0.25, 0.3) is 0 Å². The van der Waals surface area contributed by atoms with Crippen molar-refractivity contribution in [1.29, 1.82) is 0 Å². The van der Waals surface area contributed by atoms with Crippen molar-refractivity contribution in [2.75, 3.05) is 6.54 Å². The number of benzene rings is 2. The lowest BCUT2D eigenvalue weighted by Crippen LogP contribution is -2.52. The van der Waals surface area contributed by atoms with Crippen molar-refractivity contribution in [3.05, 3.63) is 70.7 Å². The number of nitrogens with two attached hydrogens (primary N) is 1. The van der Waals surface area contributed by atoms with Gasteiger partial charge in [-0.3, -0.25) is 9.59 Å². The van der Waals surface area contributed by atoms with Gasteiger partial charge in [0.1, 0.15) is 6.04 Å². The van der Waals surface area contributed by atoms with Crippen LogP contribution in [0.15, 0.2) is 54.6 Å². The van der Waals surface area contributed by atoms with Crippen LogP contribution < -0.4 is 16.4 Å². The molecule has 1 aliphatic carbocycles. The van der Waals surface area contributed by atoms with Crippen LogP contribution in [0.5, 0.6) is 0 Å². The zero-order valence-electron chi connectivity index (χ0n) is 15.0. The Balaban J connectivity index is 1.72. The quantitative estimate of drug-likeness (QED) is 0.652. The summed E-state index contributed by atoms with van der Waals surface area (Å²) in [7, 11) is 0. The Morgan fingerprint density at radius 2 is 1.70 bits per heavy atom. The van der Waals surface area contributed by atoms with E-state index < -0.39 is 6.04 Å². The van der Waals surface area contributed by atoms with E-state index in [0.29, 0.717) is 29.5 Å². The zero-order valence-corrected chi connectivity index (χ0v) is 15.8. The van der Waals surface area contributed by atoms with E-state index in [4.69, 9.17) is 17.3 Å². The second-order valence-corrected chi connectivity index (χ2v) is 7.35. The van der Waals surface area contributed by atoms with Crippen molar-refractivity contribution in [2.24, 2.45) is 11.7 Å². The highest BCUT2D eigenvalue weighted by atomic mass is 35.5. The topological polar surface area (TPSA) is 84.2 Å². The number of rotatable bonds is 8. The Kier molecular flexibility index (Phi) is 6.48. The molecule has 1 saturated carbocycles. The summed E-state index contributed by atoms with van der Waals surface area (Å²) in [5.74, 6) is -0.0646. The number of amides is 2. The van der Waals surface area contributed by atoms with E-state index in [2.05, 4.69) is 10.6 Å². The molecule has 0 aliphatic heterocycles. The highest BCUT2D eigenvalue weighted by Crippen LogP contribution is 2.32. The summed E-state index contributed by atoms with van der Waals surface area (Å²) in [6.07, 6.45) is 2.58. The molecule has 1 aliphatic rings. The molecule has 0 radical (unpaired) electrons. The van der Waals surface area contributed by atoms with Gasteiger partial charge in [-0.1, -0.05) is 41.9 Å². The van der Waals surface area contributed by atoms with Gasteiger partial charge in [0.2, 0.25) is 5.91 Å². The predicted octanol–water partition coefficient (Wildman–Crippen LogP) is 2.53. The molecule has 0 aromatic heterocycles. The number of carbonyl (C=O) groups is 2. The van der Waals surface area contributed by atoms with E-state index >= 15 is 0 Å². The van der Waals surface area contributed by atoms with Gasteiger partial charge in [-0.2, -0.15) is 0 Å². The second kappa shape index (κ2) is 9.02. The molecule has 0 spiro atoms. The summed E-state index contributed by atoms with van der Waals surface area (Å²) in [5.41, 5.74) is 7.24. The second-order valence-electron chi connectivity index (χ2n) is 6.91. The normalized spacial score (nSPS) is 15.6. The minimum absolute atomic E-state index is 0.0387. The first-order valence-corrected chi connectivity index (χ1v) is 9.55. The van der Waals surface area contributed by atoms with Crippen LogP contribution >= 0.6 is 11.6 Å². The first-order chi connectivity index (χ1) is 13.1. The summed E-state index contributed by atoms with van der Waals surface area (Å²) in [6, 6.07) is 15.5. The van der Waals surface area contributed by atoms with Crippen molar-refractivity contribution in [3.63, 3.8) is 0 Å². The Morgan fingerprint density at radius 3 is 2.30 bits per heavy atom. The van der Waals surface area contributed by atoms with Gasteiger partial charge in [-0.25, -0.2) is 0 Å². The summed E-state index contributed by atoms with van der Waals surface area (Å²) in [6.45, 7) is 0.402. The van der Waals surface area contributed by atoms with Crippen molar-refractivity contribution in [1.82, 2.24) is 10.6 Å². The van der Waals surface area contributed by atoms with Crippen LogP contribution in [0, 0.1) is 5.92 Å². The van der Waals surface area contributed by atoms with Crippen LogP contribution in [0.2, 0.25) is 5.02 Å². The maximum absolute atomic E-state index is 12.9. The van der Waals surface area contributed by atoms with Gasteiger partial charge < -0.3 is 16.4 Å². The highest BCUT2D eigenvalue weighted by Gasteiger charge is 2.33. The van der Waals surface area contributed by atoms with Gasteiger partial charge in [0.05, 0.1) is 0 Å². The molecular weight excluding hydrogens is 362 g/mol. The first-order valence-electron chi connectivity index (χ1n) is 9.17. The fourth-order valence-corrected chi connectivity index (χ4v) is 3.18. The average molecular weight is 386 g/mol. The highest BCUT2D eigenvalue weighted by molar-refractivity contribution is 6.30. The summed E-state index contributed by atoms with van der Waals surface area (Å²) in [4.78, 5) is 25.5. The van der Waals surface area contributed by atoms with Crippen LogP contribution in [0.4, 0.5) is 0 Å². The van der Waals surface area contributed by atoms with E-state index in [0.717, 1.165) is 18.4 Å². The van der Waals surface area contributed by atoms with Gasteiger partial charge in [0.25, 0.3) is 5.91 Å². The molecule has 2 aromatic carbocycles. The Labute approximate surface area is 164 Å². The molecule has 1 fully saturated rings. The van der Waals surface area contributed by atoms with E-state index in [1.807, 2.05) is 30.3 Å². The molecule has 4 N–H and O–H groups in total. The first kappa shape index (κ1) is 19.4. The number of halogens is 1. The third-order valence-corrected chi connectivity index (χ3v) is 5.04. The molecule has 6 heteroatoms. The number of nitrogens with one attached hydrogen (secondary N) is 2. The molecule has 3 rings (SSSR count). The fourth-order valence-electron chi connectivity index (χ4n) is 3.05. The average Bonchev–Trinajstić information content (AvgIpc) is 3.52. The van der Waals surface area contributed by atoms with Crippen LogP contribution in [-0.4, -0.2) is 30.4 Å². The predicted molar refractivity (Wildman–Crippen MR) is 107 cm³/mol. The van der Waals surface area contributed by atoms with Crippen LogP contribution in [-0.2, 0) is 11.2 Å². The third-order valence-electron chi connectivity index (χ3n) is 4.78. The molecule has 2 aromatic rings. The molecule has 2 atom stereocenters. The van der Waals surface area contributed by atoms with Gasteiger partial charge in [-0.15, -0.1) is 0 Å². The lowest BCUT2D eigenvalue weighted by Gasteiger charge is -2.23. The van der Waals surface area contributed by atoms with Crippen molar-refractivity contribution in [3.8, 4) is 0 Å². The van der Waals surface area contributed by atoms with Gasteiger partial charge in [-0.05, 0) is 48.6 Å². The Bertz CT molecular complexity index is 776. The number of carbonyl (C=O) groups excluding carboxylic acids is 2. The van der Waals surface area contributed by atoms with Crippen molar-refractivity contribution in [2.45, 2.75) is 31.3 Å². The van der Waals surface area contributed by atoms with E-state index in [1.165, 1.54) is 0 Å². The molecule has 2 unspecified atom stereocenters. The molecule has 0 heterocycles. The summed E-state index contributed by atoms with van der Waals surface area (Å²) < 4.78 is 0. The van der Waals surface area contributed by atoms with E-state index in [-0.39, 0.29) is 17.9 Å². The number of hydrogen-bond acceptors (Lipinski definition) is 3. The minimum atomic E-state index is -0.677. The smallest absolute Gasteiger partial charge is 0.251 e. The monoisotopic (exact) mass is 385 g/mol. The minimum Gasteiger partial charge on any atom is -0.350 e.